The number of hydrogen-bond acceptors (Lipinski definition) is 9. The Morgan fingerprint density at radius 3 is 2.64 bits per heavy atom. The van der Waals surface area contributed by atoms with Crippen LogP contribution in [0.1, 0.15) is 37.9 Å². The molecule has 3 aromatic rings. The van der Waals surface area contributed by atoms with Crippen LogP contribution >= 0.6 is 11.3 Å². The van der Waals surface area contributed by atoms with E-state index in [0.29, 0.717) is 43.4 Å². The zero-order valence-corrected chi connectivity index (χ0v) is 20.6. The average molecular weight is 507 g/mol. The monoisotopic (exact) mass is 506 g/mol. The number of benzene rings is 2. The van der Waals surface area contributed by atoms with Crippen LogP contribution in [0.15, 0.2) is 63.5 Å². The highest BCUT2D eigenvalue weighted by Crippen LogP contribution is 2.38. The molecular weight excluding hydrogens is 484 g/mol. The molecule has 2 aliphatic rings. The molecule has 0 saturated carbocycles. The minimum atomic E-state index is -0.747. The van der Waals surface area contributed by atoms with Crippen LogP contribution in [0.2, 0.25) is 0 Å². The van der Waals surface area contributed by atoms with Crippen molar-refractivity contribution in [2.75, 3.05) is 13.4 Å². The summed E-state index contributed by atoms with van der Waals surface area (Å²) < 4.78 is 23.3. The molecule has 10 heteroatoms. The molecule has 2 aromatic carbocycles. The van der Waals surface area contributed by atoms with Gasteiger partial charge in [-0.3, -0.25) is 14.2 Å². The van der Waals surface area contributed by atoms with Crippen LogP contribution in [0.3, 0.4) is 0 Å². The van der Waals surface area contributed by atoms with Gasteiger partial charge in [0.1, 0.15) is 5.75 Å². The number of hydrogen-bond donors (Lipinski definition) is 0. The van der Waals surface area contributed by atoms with Gasteiger partial charge in [-0.2, -0.15) is 0 Å². The van der Waals surface area contributed by atoms with E-state index < -0.39 is 18.0 Å². The molecule has 0 spiro atoms. The first-order valence-corrected chi connectivity index (χ1v) is 12.0. The minimum Gasteiger partial charge on any atom is -0.463 e. The second-order valence-electron chi connectivity index (χ2n) is 8.08. The Morgan fingerprint density at radius 2 is 1.92 bits per heavy atom. The van der Waals surface area contributed by atoms with E-state index in [4.69, 9.17) is 18.9 Å². The van der Waals surface area contributed by atoms with Gasteiger partial charge < -0.3 is 18.9 Å². The molecule has 0 saturated heterocycles. The molecule has 3 heterocycles. The quantitative estimate of drug-likeness (QED) is 0.387. The second kappa shape index (κ2) is 9.46. The molecule has 0 radical (unpaired) electrons. The smallest absolute Gasteiger partial charge is 0.338 e. The van der Waals surface area contributed by atoms with Gasteiger partial charge in [-0.1, -0.05) is 29.5 Å². The maximum atomic E-state index is 13.7. The molecule has 2 aliphatic heterocycles. The summed E-state index contributed by atoms with van der Waals surface area (Å²) in [5.74, 6) is 0.616. The van der Waals surface area contributed by atoms with Crippen LogP contribution in [0, 0.1) is 0 Å². The minimum absolute atomic E-state index is 0.109. The Morgan fingerprint density at radius 1 is 1.17 bits per heavy atom. The molecule has 0 fully saturated rings. The highest BCUT2D eigenvalue weighted by molar-refractivity contribution is 7.07. The number of esters is 2. The number of ether oxygens (including phenoxy) is 4. The van der Waals surface area contributed by atoms with E-state index in [-0.39, 0.29) is 19.0 Å². The van der Waals surface area contributed by atoms with E-state index in [2.05, 4.69) is 4.99 Å². The molecule has 5 rings (SSSR count). The van der Waals surface area contributed by atoms with E-state index in [0.717, 1.165) is 5.56 Å². The molecule has 9 nitrogen and oxygen atoms in total. The van der Waals surface area contributed by atoms with E-state index in [1.165, 1.54) is 22.8 Å². The van der Waals surface area contributed by atoms with Gasteiger partial charge in [-0.25, -0.2) is 9.79 Å². The third-order valence-electron chi connectivity index (χ3n) is 5.67. The van der Waals surface area contributed by atoms with Crippen molar-refractivity contribution in [3.63, 3.8) is 0 Å². The predicted molar refractivity (Wildman–Crippen MR) is 131 cm³/mol. The van der Waals surface area contributed by atoms with Crippen LogP contribution in [0.5, 0.6) is 17.2 Å². The standard InChI is InChI=1S/C26H22N2O7S/c1-4-32-25(31)22-14(2)27-26-28(23(22)17-7-10-19-20(12-17)34-13-33-19)24(30)21(36-26)11-16-5-8-18(9-6-16)35-15(3)29/h5-12,23H,4,13H2,1-3H3/b21-11-/t23-/m1/s1. The SMILES string of the molecule is CCOC(=O)C1=C(C)N=c2s/c(=C\c3ccc(OC(C)=O)cc3)c(=O)n2[C@@H]1c1ccc2c(c1)OCO2. The number of allylic oxidation sites excluding steroid dienone is 1. The lowest BCUT2D eigenvalue weighted by Crippen LogP contribution is -2.39. The highest BCUT2D eigenvalue weighted by atomic mass is 32.1. The summed E-state index contributed by atoms with van der Waals surface area (Å²) in [4.78, 5) is 42.9. The van der Waals surface area contributed by atoms with E-state index >= 15 is 0 Å². The lowest BCUT2D eigenvalue weighted by molar-refractivity contribution is -0.139. The van der Waals surface area contributed by atoms with Crippen molar-refractivity contribution in [1.82, 2.24) is 4.57 Å². The summed E-state index contributed by atoms with van der Waals surface area (Å²) in [7, 11) is 0. The number of rotatable bonds is 5. The Bertz CT molecular complexity index is 1580. The molecular formula is C26H22N2O7S. The third kappa shape index (κ3) is 4.31. The molecule has 0 aliphatic carbocycles. The fraction of sp³-hybridized carbons (Fsp3) is 0.231. The first-order chi connectivity index (χ1) is 17.4. The van der Waals surface area contributed by atoms with Crippen molar-refractivity contribution in [2.45, 2.75) is 26.8 Å². The second-order valence-corrected chi connectivity index (χ2v) is 9.09. The predicted octanol–water partition coefficient (Wildman–Crippen LogP) is 2.45. The van der Waals surface area contributed by atoms with Gasteiger partial charge in [-0.15, -0.1) is 0 Å². The summed E-state index contributed by atoms with van der Waals surface area (Å²) in [6.45, 7) is 5.09. The molecule has 0 N–H and O–H groups in total. The number of fused-ring (bicyclic) bond motifs is 2. The Hall–Kier alpha value is -4.18. The molecule has 0 bridgehead atoms. The van der Waals surface area contributed by atoms with Gasteiger partial charge in [0.2, 0.25) is 6.79 Å². The zero-order valence-electron chi connectivity index (χ0n) is 19.8. The zero-order chi connectivity index (χ0) is 25.4. The summed E-state index contributed by atoms with van der Waals surface area (Å²) in [6, 6.07) is 11.4. The van der Waals surface area contributed by atoms with Crippen molar-refractivity contribution in [1.29, 1.82) is 0 Å². The molecule has 184 valence electrons. The number of carbonyl (C=O) groups excluding carboxylic acids is 2. The summed E-state index contributed by atoms with van der Waals surface area (Å²) in [5.41, 5.74) is 1.90. The number of thiazole rings is 1. The van der Waals surface area contributed by atoms with Gasteiger partial charge in [0.05, 0.1) is 28.5 Å². The molecule has 1 atom stereocenters. The van der Waals surface area contributed by atoms with E-state index in [1.54, 1.807) is 62.4 Å². The fourth-order valence-electron chi connectivity index (χ4n) is 4.14. The lowest BCUT2D eigenvalue weighted by atomic mass is 9.95. The van der Waals surface area contributed by atoms with Crippen LogP contribution in [0.4, 0.5) is 0 Å². The first kappa shape index (κ1) is 23.6. The number of nitrogens with zero attached hydrogens (tertiary/aromatic N) is 2. The van der Waals surface area contributed by atoms with Gasteiger partial charge in [0.15, 0.2) is 16.3 Å². The molecule has 36 heavy (non-hydrogen) atoms. The Kier molecular flexibility index (Phi) is 6.19. The van der Waals surface area contributed by atoms with Crippen LogP contribution < -0.4 is 29.1 Å². The normalized spacial score (nSPS) is 16.4. The summed E-state index contributed by atoms with van der Waals surface area (Å²) >= 11 is 1.23. The molecule has 0 unspecified atom stereocenters. The van der Waals surface area contributed by atoms with Crippen molar-refractivity contribution in [3.8, 4) is 17.2 Å². The van der Waals surface area contributed by atoms with Gasteiger partial charge in [-0.05, 0) is 55.3 Å². The Labute approximate surface area is 209 Å². The summed E-state index contributed by atoms with van der Waals surface area (Å²) in [6.07, 6.45) is 1.74. The van der Waals surface area contributed by atoms with Crippen LogP contribution in [-0.4, -0.2) is 29.9 Å². The lowest BCUT2D eigenvalue weighted by Gasteiger charge is -2.24. The van der Waals surface area contributed by atoms with Gasteiger partial charge in [0, 0.05) is 6.92 Å². The van der Waals surface area contributed by atoms with E-state index in [9.17, 15) is 14.4 Å². The molecule has 0 amide bonds. The number of carbonyl (C=O) groups is 2. The van der Waals surface area contributed by atoms with Gasteiger partial charge >= 0.3 is 11.9 Å². The van der Waals surface area contributed by atoms with Crippen LogP contribution in [0.25, 0.3) is 6.08 Å². The third-order valence-corrected chi connectivity index (χ3v) is 6.65. The van der Waals surface area contributed by atoms with E-state index in [1.807, 2.05) is 0 Å². The average Bonchev–Trinajstić information content (AvgIpc) is 3.43. The van der Waals surface area contributed by atoms with Crippen molar-refractivity contribution in [2.24, 2.45) is 4.99 Å². The maximum absolute atomic E-state index is 13.7. The maximum Gasteiger partial charge on any atom is 0.338 e. The number of aromatic nitrogens is 1. The Balaban J connectivity index is 1.64. The molecule has 1 aromatic heterocycles. The largest absolute Gasteiger partial charge is 0.463 e. The first-order valence-electron chi connectivity index (χ1n) is 11.2. The van der Waals surface area contributed by atoms with Gasteiger partial charge in [0.25, 0.3) is 5.56 Å². The van der Waals surface area contributed by atoms with Crippen molar-refractivity contribution < 1.29 is 28.5 Å². The van der Waals surface area contributed by atoms with Crippen molar-refractivity contribution >= 4 is 29.4 Å². The fourth-order valence-corrected chi connectivity index (χ4v) is 5.19. The van der Waals surface area contributed by atoms with Crippen LogP contribution in [-0.2, 0) is 14.3 Å². The summed E-state index contributed by atoms with van der Waals surface area (Å²) in [5, 5.41) is 0. The highest BCUT2D eigenvalue weighted by Gasteiger charge is 2.34. The topological polar surface area (TPSA) is 105 Å². The van der Waals surface area contributed by atoms with Crippen molar-refractivity contribution in [3.05, 3.63) is 84.5 Å².